The van der Waals surface area contributed by atoms with Crippen molar-refractivity contribution < 1.29 is 4.74 Å². The molecule has 2 nitrogen and oxygen atoms in total. The summed E-state index contributed by atoms with van der Waals surface area (Å²) >= 11 is 0. The highest BCUT2D eigenvalue weighted by Gasteiger charge is 2.10. The first-order valence-corrected chi connectivity index (χ1v) is 6.05. The Balaban J connectivity index is 2.64. The van der Waals surface area contributed by atoms with Crippen LogP contribution in [0.5, 0.6) is 5.75 Å². The van der Waals surface area contributed by atoms with Crippen LogP contribution in [0.4, 0.5) is 5.69 Å². The second-order valence-electron chi connectivity index (χ2n) is 4.66. The van der Waals surface area contributed by atoms with Crippen LogP contribution in [-0.4, -0.2) is 7.11 Å². The van der Waals surface area contributed by atoms with Gasteiger partial charge in [-0.05, 0) is 66.8 Å². The Morgan fingerprint density at radius 1 is 0.944 bits per heavy atom. The number of nitrogens with two attached hydrogens (primary N) is 1. The van der Waals surface area contributed by atoms with E-state index in [-0.39, 0.29) is 0 Å². The van der Waals surface area contributed by atoms with Crippen molar-refractivity contribution in [2.75, 3.05) is 12.8 Å². The highest BCUT2D eigenvalue weighted by atomic mass is 16.5. The molecule has 0 unspecified atom stereocenters. The van der Waals surface area contributed by atoms with Crippen LogP contribution in [-0.2, 0) is 0 Å². The van der Waals surface area contributed by atoms with Crippen LogP contribution in [0.1, 0.15) is 16.7 Å². The summed E-state index contributed by atoms with van der Waals surface area (Å²) in [5.74, 6) is 0.929. The number of nitrogen functional groups attached to an aromatic ring is 1. The van der Waals surface area contributed by atoms with E-state index in [2.05, 4.69) is 39.0 Å². The second kappa shape index (κ2) is 4.73. The average molecular weight is 241 g/mol. The predicted octanol–water partition coefficient (Wildman–Crippen LogP) is 3.87. The topological polar surface area (TPSA) is 35.2 Å². The van der Waals surface area contributed by atoms with Crippen molar-refractivity contribution in [3.8, 4) is 16.9 Å². The highest BCUT2D eigenvalue weighted by Crippen LogP contribution is 2.33. The molecule has 0 heterocycles. The van der Waals surface area contributed by atoms with E-state index in [9.17, 15) is 0 Å². The van der Waals surface area contributed by atoms with Gasteiger partial charge in [-0.2, -0.15) is 0 Å². The summed E-state index contributed by atoms with van der Waals surface area (Å²) in [5.41, 5.74) is 12.7. The SMILES string of the molecule is COc1cc(C)c(-c2cccc(N)c2C)cc1C. The highest BCUT2D eigenvalue weighted by molar-refractivity contribution is 5.76. The van der Waals surface area contributed by atoms with Crippen LogP contribution in [0.2, 0.25) is 0 Å². The molecule has 94 valence electrons. The standard InChI is InChI=1S/C16H19NO/c1-10-9-16(18-4)11(2)8-14(10)13-6-5-7-15(17)12(13)3/h5-9H,17H2,1-4H3. The Labute approximate surface area is 108 Å². The third-order valence-corrected chi connectivity index (χ3v) is 3.41. The summed E-state index contributed by atoms with van der Waals surface area (Å²) in [6, 6.07) is 10.3. The van der Waals surface area contributed by atoms with Gasteiger partial charge >= 0.3 is 0 Å². The summed E-state index contributed by atoms with van der Waals surface area (Å²) in [6.07, 6.45) is 0. The molecule has 0 bridgehead atoms. The van der Waals surface area contributed by atoms with E-state index in [1.807, 2.05) is 12.1 Å². The normalized spacial score (nSPS) is 10.4. The average Bonchev–Trinajstić information content (AvgIpc) is 2.35. The number of hydrogen-bond donors (Lipinski definition) is 1. The molecule has 0 aromatic heterocycles. The summed E-state index contributed by atoms with van der Waals surface area (Å²) < 4.78 is 5.35. The van der Waals surface area contributed by atoms with E-state index in [1.54, 1.807) is 7.11 Å². The Morgan fingerprint density at radius 3 is 2.33 bits per heavy atom. The van der Waals surface area contributed by atoms with Crippen LogP contribution in [0.3, 0.4) is 0 Å². The maximum absolute atomic E-state index is 5.98. The molecular formula is C16H19NO. The van der Waals surface area contributed by atoms with E-state index < -0.39 is 0 Å². The van der Waals surface area contributed by atoms with E-state index in [4.69, 9.17) is 10.5 Å². The molecule has 0 spiro atoms. The van der Waals surface area contributed by atoms with Gasteiger partial charge in [-0.25, -0.2) is 0 Å². The van der Waals surface area contributed by atoms with Gasteiger partial charge in [-0.1, -0.05) is 12.1 Å². The van der Waals surface area contributed by atoms with Crippen molar-refractivity contribution in [1.29, 1.82) is 0 Å². The minimum Gasteiger partial charge on any atom is -0.496 e. The first-order valence-electron chi connectivity index (χ1n) is 6.05. The van der Waals surface area contributed by atoms with Crippen molar-refractivity contribution in [3.63, 3.8) is 0 Å². The Morgan fingerprint density at radius 2 is 1.67 bits per heavy atom. The third-order valence-electron chi connectivity index (χ3n) is 3.41. The zero-order valence-electron chi connectivity index (χ0n) is 11.4. The van der Waals surface area contributed by atoms with Crippen molar-refractivity contribution >= 4 is 5.69 Å². The van der Waals surface area contributed by atoms with Crippen LogP contribution in [0.25, 0.3) is 11.1 Å². The van der Waals surface area contributed by atoms with Crippen molar-refractivity contribution in [2.45, 2.75) is 20.8 Å². The van der Waals surface area contributed by atoms with Gasteiger partial charge in [0.2, 0.25) is 0 Å². The maximum Gasteiger partial charge on any atom is 0.122 e. The number of hydrogen-bond acceptors (Lipinski definition) is 2. The lowest BCUT2D eigenvalue weighted by Crippen LogP contribution is -1.95. The predicted molar refractivity (Wildman–Crippen MR) is 77.1 cm³/mol. The van der Waals surface area contributed by atoms with Crippen LogP contribution in [0, 0.1) is 20.8 Å². The molecule has 0 atom stereocenters. The van der Waals surface area contributed by atoms with Gasteiger partial charge < -0.3 is 10.5 Å². The molecular weight excluding hydrogens is 222 g/mol. The number of ether oxygens (including phenoxy) is 1. The quantitative estimate of drug-likeness (QED) is 0.810. The van der Waals surface area contributed by atoms with E-state index in [1.165, 1.54) is 16.7 Å². The molecule has 2 rings (SSSR count). The number of aryl methyl sites for hydroxylation is 2. The lowest BCUT2D eigenvalue weighted by atomic mass is 9.94. The third kappa shape index (κ3) is 2.06. The lowest BCUT2D eigenvalue weighted by Gasteiger charge is -2.14. The molecule has 0 aliphatic rings. The first-order chi connectivity index (χ1) is 8.54. The van der Waals surface area contributed by atoms with Crippen molar-refractivity contribution in [1.82, 2.24) is 0 Å². The number of rotatable bonds is 2. The lowest BCUT2D eigenvalue weighted by molar-refractivity contribution is 0.411. The van der Waals surface area contributed by atoms with Gasteiger partial charge in [-0.15, -0.1) is 0 Å². The number of anilines is 1. The summed E-state index contributed by atoms with van der Waals surface area (Å²) in [6.45, 7) is 6.22. The molecule has 18 heavy (non-hydrogen) atoms. The van der Waals surface area contributed by atoms with Gasteiger partial charge in [0.25, 0.3) is 0 Å². The molecule has 2 aromatic rings. The van der Waals surface area contributed by atoms with Crippen molar-refractivity contribution in [3.05, 3.63) is 47.0 Å². The van der Waals surface area contributed by atoms with Crippen LogP contribution >= 0.6 is 0 Å². The van der Waals surface area contributed by atoms with Gasteiger partial charge in [0.15, 0.2) is 0 Å². The molecule has 0 aliphatic carbocycles. The minimum atomic E-state index is 0.834. The summed E-state index contributed by atoms with van der Waals surface area (Å²) in [4.78, 5) is 0. The van der Waals surface area contributed by atoms with E-state index in [0.717, 1.165) is 22.6 Å². The van der Waals surface area contributed by atoms with Gasteiger partial charge in [0.05, 0.1) is 7.11 Å². The van der Waals surface area contributed by atoms with Crippen LogP contribution < -0.4 is 10.5 Å². The molecule has 2 heteroatoms. The Hall–Kier alpha value is -1.96. The molecule has 2 N–H and O–H groups in total. The smallest absolute Gasteiger partial charge is 0.122 e. The monoisotopic (exact) mass is 241 g/mol. The maximum atomic E-state index is 5.98. The fraction of sp³-hybridized carbons (Fsp3) is 0.250. The summed E-state index contributed by atoms with van der Waals surface area (Å²) in [5, 5.41) is 0. The minimum absolute atomic E-state index is 0.834. The van der Waals surface area contributed by atoms with Gasteiger partial charge in [-0.3, -0.25) is 0 Å². The molecule has 0 aliphatic heterocycles. The van der Waals surface area contributed by atoms with Gasteiger partial charge in [0.1, 0.15) is 5.75 Å². The molecule has 2 aromatic carbocycles. The van der Waals surface area contributed by atoms with Crippen molar-refractivity contribution in [2.24, 2.45) is 0 Å². The zero-order chi connectivity index (χ0) is 13.3. The molecule has 0 saturated heterocycles. The molecule has 0 saturated carbocycles. The molecule has 0 fully saturated rings. The van der Waals surface area contributed by atoms with E-state index in [0.29, 0.717) is 0 Å². The number of methoxy groups -OCH3 is 1. The number of benzene rings is 2. The Bertz CT molecular complexity index is 588. The second-order valence-corrected chi connectivity index (χ2v) is 4.66. The molecule has 0 radical (unpaired) electrons. The Kier molecular flexibility index (Phi) is 3.28. The van der Waals surface area contributed by atoms with E-state index >= 15 is 0 Å². The zero-order valence-corrected chi connectivity index (χ0v) is 11.4. The van der Waals surface area contributed by atoms with Gasteiger partial charge in [0, 0.05) is 5.69 Å². The van der Waals surface area contributed by atoms with Crippen LogP contribution in [0.15, 0.2) is 30.3 Å². The summed E-state index contributed by atoms with van der Waals surface area (Å²) in [7, 11) is 1.70. The fourth-order valence-electron chi connectivity index (χ4n) is 2.25. The fourth-order valence-corrected chi connectivity index (χ4v) is 2.25. The first kappa shape index (κ1) is 12.5. The largest absolute Gasteiger partial charge is 0.496 e. The molecule has 0 amide bonds.